The number of carboxylic acid groups (broad SMARTS) is 6. The number of aliphatic hydroxyl groups is 2. The number of aliphatic carboxylic acids is 6. The molecule has 10 N–H and O–H groups in total. The topological polar surface area (TPSA) is 370 Å². The van der Waals surface area contributed by atoms with Crippen LogP contribution in [0.1, 0.15) is 25.7 Å². The maximum Gasteiger partial charge on any atom is 1.00 e. The quantitative estimate of drug-likeness (QED) is 0.192. The van der Waals surface area contributed by atoms with Crippen LogP contribution in [0.4, 0.5) is 0 Å². The van der Waals surface area contributed by atoms with Gasteiger partial charge in [-0.25, -0.2) is 9.59 Å². The summed E-state index contributed by atoms with van der Waals surface area (Å²) in [4.78, 5) is 60.3. The molecule has 17 nitrogen and oxygen atoms in total. The zero-order chi connectivity index (χ0) is 21.3. The summed E-state index contributed by atoms with van der Waals surface area (Å²) in [5.41, 5.74) is -5.73. The van der Waals surface area contributed by atoms with Gasteiger partial charge in [0, 0.05) is 49.6 Å². The minimum Gasteiger partial charge on any atom is -0.550 e. The normalized spacial score (nSPS) is 8.55. The first-order chi connectivity index (χ1) is 11.6. The first-order valence-electron chi connectivity index (χ1n) is 6.26. The van der Waals surface area contributed by atoms with E-state index in [4.69, 9.17) is 20.4 Å². The van der Waals surface area contributed by atoms with Crippen LogP contribution in [0.2, 0.25) is 0 Å². The summed E-state index contributed by atoms with van der Waals surface area (Å²) in [6.07, 6.45) is -5.18. The minimum atomic E-state index is -2.86. The van der Waals surface area contributed by atoms with Gasteiger partial charge in [-0.1, -0.05) is 0 Å². The van der Waals surface area contributed by atoms with Gasteiger partial charge in [0.25, 0.3) is 0 Å². The molecule has 0 aromatic rings. The minimum absolute atomic E-state index is 0. The van der Waals surface area contributed by atoms with Gasteiger partial charge in [0.15, 0.2) is 11.2 Å². The second-order valence-electron chi connectivity index (χ2n) is 4.87. The van der Waals surface area contributed by atoms with Crippen LogP contribution in [-0.4, -0.2) is 83.9 Å². The first-order valence-corrected chi connectivity index (χ1v) is 6.26. The third-order valence-electron chi connectivity index (χ3n) is 2.54. The number of hydrogen-bond donors (Lipinski definition) is 4. The predicted octanol–water partition coefficient (Wildman–Crippen LogP) is -22.3. The number of carbonyl (C=O) groups excluding carboxylic acids is 4. The van der Waals surface area contributed by atoms with Crippen molar-refractivity contribution in [3.63, 3.8) is 0 Å². The number of rotatable bonds is 10. The van der Waals surface area contributed by atoms with Crippen molar-refractivity contribution < 1.29 is 204 Å². The van der Waals surface area contributed by atoms with E-state index in [2.05, 4.69) is 0 Å². The summed E-state index contributed by atoms with van der Waals surface area (Å²) in [5.74, 6) is -11.3. The van der Waals surface area contributed by atoms with Crippen LogP contribution in [0.5, 0.6) is 0 Å². The van der Waals surface area contributed by atoms with Crippen molar-refractivity contribution >= 4 is 35.8 Å². The van der Waals surface area contributed by atoms with Gasteiger partial charge < -0.3 is 76.5 Å². The fourth-order valence-electron chi connectivity index (χ4n) is 1.38. The third-order valence-corrected chi connectivity index (χ3v) is 2.54. The average molecular weight is 526 g/mol. The van der Waals surface area contributed by atoms with E-state index in [9.17, 15) is 49.2 Å². The van der Waals surface area contributed by atoms with Gasteiger partial charge in [-0.2, -0.15) is 0 Å². The molecule has 0 aromatic heterocycles. The molecule has 0 aliphatic carbocycles. The van der Waals surface area contributed by atoms with Crippen molar-refractivity contribution in [3.05, 3.63) is 0 Å². The summed E-state index contributed by atoms with van der Waals surface area (Å²) in [6.45, 7) is 0. The standard InChI is InChI=1S/2C6H8O7.4Na.3H2O/c2*7-3(8)1-6(13,5(11)12)2-4(9)10;;;;;;;/h2*13H,1-2H2,(H,7,8)(H,9,10)(H,11,12);;;;;3*1H2/q;;4*+1;;;/p-4. The third kappa shape index (κ3) is 28.7. The van der Waals surface area contributed by atoms with E-state index in [0.29, 0.717) is 0 Å². The molecule has 0 radical (unpaired) electrons. The summed E-state index contributed by atoms with van der Waals surface area (Å²) < 4.78 is 0. The molecule has 0 rings (SSSR count). The van der Waals surface area contributed by atoms with Crippen molar-refractivity contribution in [2.24, 2.45) is 0 Å². The SMILES string of the molecule is O.O.O.O=C([O-])CC(O)(CC(=O)[O-])C(=O)O.O=C([O-])CC(O)(CC(=O)[O-])C(=O)O.[Na+].[Na+].[Na+].[Na+]. The van der Waals surface area contributed by atoms with Crippen LogP contribution in [0.25, 0.3) is 0 Å². The maximum atomic E-state index is 10.3. The Bertz CT molecular complexity index is 527. The molecule has 0 saturated carbocycles. The van der Waals surface area contributed by atoms with Crippen molar-refractivity contribution in [1.29, 1.82) is 0 Å². The predicted molar refractivity (Wildman–Crippen MR) is 74.5 cm³/mol. The molecule has 0 bridgehead atoms. The Kier molecular flexibility index (Phi) is 48.7. The van der Waals surface area contributed by atoms with Crippen LogP contribution >= 0.6 is 0 Å². The number of carbonyl (C=O) groups is 6. The summed E-state index contributed by atoms with van der Waals surface area (Å²) in [5, 5.41) is 74.4. The average Bonchev–Trinajstić information content (AvgIpc) is 2.34. The molecular formula is C12H18Na4O17. The van der Waals surface area contributed by atoms with Gasteiger partial charge in [-0.15, -0.1) is 0 Å². The zero-order valence-electron chi connectivity index (χ0n) is 18.2. The fourth-order valence-corrected chi connectivity index (χ4v) is 1.38. The molecule has 21 heteroatoms. The van der Waals surface area contributed by atoms with E-state index in [1.54, 1.807) is 0 Å². The van der Waals surface area contributed by atoms with E-state index in [1.165, 1.54) is 0 Å². The summed E-state index contributed by atoms with van der Waals surface area (Å²) in [7, 11) is 0. The second kappa shape index (κ2) is 27.2. The van der Waals surface area contributed by atoms with Crippen molar-refractivity contribution in [3.8, 4) is 0 Å². The number of hydrogen-bond acceptors (Lipinski definition) is 12. The molecule has 0 atom stereocenters. The fraction of sp³-hybridized carbons (Fsp3) is 0.500. The molecule has 0 fully saturated rings. The molecule has 0 saturated heterocycles. The Hall–Kier alpha value is 0.620. The van der Waals surface area contributed by atoms with Crippen LogP contribution in [0, 0.1) is 0 Å². The van der Waals surface area contributed by atoms with Gasteiger partial charge in [-0.05, 0) is 0 Å². The van der Waals surface area contributed by atoms with Gasteiger partial charge in [0.05, 0.1) is 0 Å². The largest absolute Gasteiger partial charge is 1.00 e. The molecule has 0 unspecified atom stereocenters. The Morgan fingerprint density at radius 3 is 0.667 bits per heavy atom. The van der Waals surface area contributed by atoms with Crippen LogP contribution in [-0.2, 0) is 28.8 Å². The smallest absolute Gasteiger partial charge is 0.550 e. The van der Waals surface area contributed by atoms with E-state index in [-0.39, 0.29) is 135 Å². The number of carboxylic acids is 6. The van der Waals surface area contributed by atoms with E-state index in [1.807, 2.05) is 0 Å². The Balaban J connectivity index is -0.0000000411. The van der Waals surface area contributed by atoms with Crippen molar-refractivity contribution in [2.45, 2.75) is 36.9 Å². The van der Waals surface area contributed by atoms with E-state index >= 15 is 0 Å². The van der Waals surface area contributed by atoms with E-state index < -0.39 is 72.7 Å². The van der Waals surface area contributed by atoms with Crippen LogP contribution in [0.3, 0.4) is 0 Å². The van der Waals surface area contributed by atoms with Gasteiger partial charge in [0.1, 0.15) is 0 Å². The molecule has 0 aliphatic heterocycles. The van der Waals surface area contributed by atoms with Crippen LogP contribution < -0.4 is 139 Å². The molecule has 0 heterocycles. The summed E-state index contributed by atoms with van der Waals surface area (Å²) in [6, 6.07) is 0. The monoisotopic (exact) mass is 526 g/mol. The van der Waals surface area contributed by atoms with E-state index in [0.717, 1.165) is 0 Å². The molecule has 0 aliphatic rings. The second-order valence-corrected chi connectivity index (χ2v) is 4.87. The van der Waals surface area contributed by atoms with Gasteiger partial charge in [-0.3, -0.25) is 0 Å². The zero-order valence-corrected chi connectivity index (χ0v) is 26.2. The van der Waals surface area contributed by atoms with Crippen LogP contribution in [0.15, 0.2) is 0 Å². The molecule has 0 spiro atoms. The van der Waals surface area contributed by atoms with Gasteiger partial charge >= 0.3 is 130 Å². The molecular weight excluding hydrogens is 508 g/mol. The molecule has 172 valence electrons. The Labute approximate surface area is 273 Å². The van der Waals surface area contributed by atoms with Gasteiger partial charge in [0.2, 0.25) is 0 Å². The molecule has 33 heavy (non-hydrogen) atoms. The first kappa shape index (κ1) is 59.0. The van der Waals surface area contributed by atoms with Crippen molar-refractivity contribution in [2.75, 3.05) is 0 Å². The Morgan fingerprint density at radius 2 is 0.606 bits per heavy atom. The molecule has 0 aromatic carbocycles. The summed E-state index contributed by atoms with van der Waals surface area (Å²) >= 11 is 0. The maximum absolute atomic E-state index is 10.3. The molecule has 0 amide bonds. The Morgan fingerprint density at radius 1 is 0.485 bits per heavy atom. The van der Waals surface area contributed by atoms with Crippen molar-refractivity contribution in [1.82, 2.24) is 0 Å².